The SMILES string of the molecule is C=C/C(CN)=C(C)\C=C/CNC1CCC(NCCc2ccccc2)CC1.CC.[HH]. The molecule has 1 aromatic rings. The van der Waals surface area contributed by atoms with E-state index in [1.54, 1.807) is 0 Å². The summed E-state index contributed by atoms with van der Waals surface area (Å²) in [6.45, 7) is 12.4. The van der Waals surface area contributed by atoms with Crippen LogP contribution in [0.1, 0.15) is 53.4 Å². The summed E-state index contributed by atoms with van der Waals surface area (Å²) in [6, 6.07) is 12.0. The zero-order valence-corrected chi connectivity index (χ0v) is 18.2. The van der Waals surface area contributed by atoms with Crippen molar-refractivity contribution in [1.29, 1.82) is 0 Å². The van der Waals surface area contributed by atoms with Gasteiger partial charge in [0, 0.05) is 26.6 Å². The summed E-state index contributed by atoms with van der Waals surface area (Å²) in [6.07, 6.45) is 12.3. The summed E-state index contributed by atoms with van der Waals surface area (Å²) < 4.78 is 0. The Bertz CT molecular complexity index is 587. The van der Waals surface area contributed by atoms with Crippen molar-refractivity contribution in [3.05, 3.63) is 71.8 Å². The van der Waals surface area contributed by atoms with Gasteiger partial charge in [0.05, 0.1) is 0 Å². The molecule has 1 aliphatic carbocycles. The van der Waals surface area contributed by atoms with Crippen LogP contribution in [0, 0.1) is 0 Å². The summed E-state index contributed by atoms with van der Waals surface area (Å²) in [7, 11) is 0. The Balaban J connectivity index is 0.00000253. The average molecular weight is 386 g/mol. The molecule has 0 heterocycles. The molecular formula is C25H43N3. The predicted octanol–water partition coefficient (Wildman–Crippen LogP) is 5.01. The second kappa shape index (κ2) is 15.3. The molecule has 1 aromatic carbocycles. The van der Waals surface area contributed by atoms with E-state index in [0.717, 1.165) is 25.1 Å². The lowest BCUT2D eigenvalue weighted by Crippen LogP contribution is -2.40. The molecule has 0 spiro atoms. The highest BCUT2D eigenvalue weighted by atomic mass is 14.9. The molecule has 2 rings (SSSR count). The van der Waals surface area contributed by atoms with Gasteiger partial charge in [-0.25, -0.2) is 0 Å². The first-order chi connectivity index (χ1) is 13.7. The van der Waals surface area contributed by atoms with Crippen molar-refractivity contribution in [3.63, 3.8) is 0 Å². The smallest absolute Gasteiger partial charge is 0.0180 e. The van der Waals surface area contributed by atoms with Gasteiger partial charge in [0.1, 0.15) is 0 Å². The molecule has 1 saturated carbocycles. The van der Waals surface area contributed by atoms with Gasteiger partial charge in [-0.3, -0.25) is 0 Å². The minimum Gasteiger partial charge on any atom is -0.326 e. The van der Waals surface area contributed by atoms with Gasteiger partial charge in [-0.1, -0.05) is 69.0 Å². The third-order valence-electron chi connectivity index (χ3n) is 5.28. The third-order valence-corrected chi connectivity index (χ3v) is 5.28. The fourth-order valence-corrected chi connectivity index (χ4v) is 3.55. The highest BCUT2D eigenvalue weighted by Crippen LogP contribution is 2.18. The highest BCUT2D eigenvalue weighted by Gasteiger charge is 2.19. The van der Waals surface area contributed by atoms with Crippen LogP contribution in [-0.4, -0.2) is 31.7 Å². The van der Waals surface area contributed by atoms with Gasteiger partial charge in [0.2, 0.25) is 0 Å². The van der Waals surface area contributed by atoms with Crippen LogP contribution >= 0.6 is 0 Å². The van der Waals surface area contributed by atoms with Crippen molar-refractivity contribution in [2.45, 2.75) is 65.0 Å². The fourth-order valence-electron chi connectivity index (χ4n) is 3.55. The maximum Gasteiger partial charge on any atom is 0.0180 e. The van der Waals surface area contributed by atoms with Gasteiger partial charge >= 0.3 is 0 Å². The van der Waals surface area contributed by atoms with Crippen LogP contribution in [-0.2, 0) is 6.42 Å². The van der Waals surface area contributed by atoms with Gasteiger partial charge in [-0.15, -0.1) is 0 Å². The first-order valence-electron chi connectivity index (χ1n) is 10.9. The molecule has 3 nitrogen and oxygen atoms in total. The van der Waals surface area contributed by atoms with E-state index in [4.69, 9.17) is 5.73 Å². The van der Waals surface area contributed by atoms with E-state index < -0.39 is 0 Å². The van der Waals surface area contributed by atoms with Crippen LogP contribution in [0.4, 0.5) is 0 Å². The third kappa shape index (κ3) is 9.50. The molecule has 0 radical (unpaired) electrons. The van der Waals surface area contributed by atoms with E-state index in [1.165, 1.54) is 36.8 Å². The number of hydrogen-bond donors (Lipinski definition) is 3. The molecule has 0 bridgehead atoms. The minimum absolute atomic E-state index is 0. The average Bonchev–Trinajstić information content (AvgIpc) is 2.75. The van der Waals surface area contributed by atoms with Crippen molar-refractivity contribution < 1.29 is 1.43 Å². The topological polar surface area (TPSA) is 50.1 Å². The molecule has 4 N–H and O–H groups in total. The summed E-state index contributed by atoms with van der Waals surface area (Å²) in [5, 5.41) is 7.39. The van der Waals surface area contributed by atoms with Crippen molar-refractivity contribution in [2.24, 2.45) is 5.73 Å². The van der Waals surface area contributed by atoms with Crippen LogP contribution in [0.15, 0.2) is 66.3 Å². The second-order valence-corrected chi connectivity index (χ2v) is 7.17. The van der Waals surface area contributed by atoms with E-state index in [-0.39, 0.29) is 1.43 Å². The van der Waals surface area contributed by atoms with Crippen LogP contribution in [0.3, 0.4) is 0 Å². The zero-order chi connectivity index (χ0) is 20.6. The monoisotopic (exact) mass is 385 g/mol. The molecule has 158 valence electrons. The van der Waals surface area contributed by atoms with Gasteiger partial charge in [-0.2, -0.15) is 0 Å². The highest BCUT2D eigenvalue weighted by molar-refractivity contribution is 5.31. The second-order valence-electron chi connectivity index (χ2n) is 7.17. The van der Waals surface area contributed by atoms with Crippen molar-refractivity contribution in [2.75, 3.05) is 19.6 Å². The lowest BCUT2D eigenvalue weighted by Gasteiger charge is -2.29. The van der Waals surface area contributed by atoms with E-state index in [2.05, 4.69) is 66.6 Å². The molecule has 1 aliphatic rings. The molecule has 0 aromatic heterocycles. The summed E-state index contributed by atoms with van der Waals surface area (Å²) in [5.74, 6) is 0. The van der Waals surface area contributed by atoms with Gasteiger partial charge < -0.3 is 16.4 Å². The molecule has 0 unspecified atom stereocenters. The van der Waals surface area contributed by atoms with Gasteiger partial charge in [0.25, 0.3) is 0 Å². The molecular weight excluding hydrogens is 342 g/mol. The van der Waals surface area contributed by atoms with Crippen LogP contribution in [0.2, 0.25) is 0 Å². The normalized spacial score (nSPS) is 20.3. The maximum absolute atomic E-state index is 5.70. The van der Waals surface area contributed by atoms with E-state index in [1.807, 2.05) is 19.9 Å². The summed E-state index contributed by atoms with van der Waals surface area (Å²) in [4.78, 5) is 0. The quantitative estimate of drug-likeness (QED) is 0.496. The first kappa shape index (κ1) is 24.4. The Morgan fingerprint density at radius 2 is 1.71 bits per heavy atom. The Hall–Kier alpha value is -1.68. The van der Waals surface area contributed by atoms with Crippen LogP contribution < -0.4 is 16.4 Å². The number of rotatable bonds is 10. The van der Waals surface area contributed by atoms with Crippen LogP contribution in [0.5, 0.6) is 0 Å². The van der Waals surface area contributed by atoms with Crippen LogP contribution in [0.25, 0.3) is 0 Å². The number of hydrogen-bond acceptors (Lipinski definition) is 3. The molecule has 3 heteroatoms. The Kier molecular flexibility index (Phi) is 13.3. The Morgan fingerprint density at radius 1 is 1.11 bits per heavy atom. The lowest BCUT2D eigenvalue weighted by atomic mass is 9.91. The van der Waals surface area contributed by atoms with Crippen molar-refractivity contribution >= 4 is 0 Å². The number of allylic oxidation sites excluding steroid dienone is 2. The van der Waals surface area contributed by atoms with E-state index >= 15 is 0 Å². The standard InChI is InChI=1S/C23H35N3.C2H6.H2/c1-3-21(18-24)19(2)8-7-16-25-22-11-13-23(14-12-22)26-17-15-20-9-5-4-6-10-20;1-2;/h3-10,22-23,25-26H,1,11-18,24H2,2H3;1-2H3;1H/b8-7-,21-19+;;. The zero-order valence-electron chi connectivity index (χ0n) is 18.2. The maximum atomic E-state index is 5.70. The minimum atomic E-state index is 0. The molecule has 0 amide bonds. The fraction of sp³-hybridized carbons (Fsp3) is 0.520. The molecule has 0 aliphatic heterocycles. The summed E-state index contributed by atoms with van der Waals surface area (Å²) >= 11 is 0. The Morgan fingerprint density at radius 3 is 2.29 bits per heavy atom. The first-order valence-corrected chi connectivity index (χ1v) is 10.9. The Labute approximate surface area is 174 Å². The number of benzene rings is 1. The van der Waals surface area contributed by atoms with Gasteiger partial charge in [-0.05, 0) is 62.3 Å². The number of nitrogens with one attached hydrogen (secondary N) is 2. The lowest BCUT2D eigenvalue weighted by molar-refractivity contribution is 0.314. The molecule has 0 saturated heterocycles. The number of nitrogens with two attached hydrogens (primary N) is 1. The van der Waals surface area contributed by atoms with E-state index in [0.29, 0.717) is 18.6 Å². The molecule has 28 heavy (non-hydrogen) atoms. The predicted molar refractivity (Wildman–Crippen MR) is 127 cm³/mol. The molecule has 1 fully saturated rings. The largest absolute Gasteiger partial charge is 0.326 e. The van der Waals surface area contributed by atoms with Crippen molar-refractivity contribution in [3.8, 4) is 0 Å². The summed E-state index contributed by atoms with van der Waals surface area (Å²) in [5.41, 5.74) is 9.44. The van der Waals surface area contributed by atoms with Gasteiger partial charge in [0.15, 0.2) is 0 Å². The molecule has 0 atom stereocenters. The van der Waals surface area contributed by atoms with E-state index in [9.17, 15) is 0 Å². The van der Waals surface area contributed by atoms with Crippen molar-refractivity contribution in [1.82, 2.24) is 10.6 Å².